The van der Waals surface area contributed by atoms with Gasteiger partial charge in [-0.25, -0.2) is 10.8 Å². The number of nitrogens with one attached hydrogen (secondary N) is 1. The molecule has 0 aliphatic rings. The summed E-state index contributed by atoms with van der Waals surface area (Å²) in [5.41, 5.74) is 3.40. The molecule has 0 fully saturated rings. The van der Waals surface area contributed by atoms with E-state index in [0.717, 1.165) is 11.4 Å². The Kier molecular flexibility index (Phi) is 3.85. The summed E-state index contributed by atoms with van der Waals surface area (Å²) in [6.45, 7) is 8.44. The van der Waals surface area contributed by atoms with Crippen LogP contribution < -0.4 is 16.0 Å². The molecule has 1 aromatic heterocycles. The molecule has 84 valence electrons. The summed E-state index contributed by atoms with van der Waals surface area (Å²) in [7, 11) is 0. The van der Waals surface area contributed by atoms with E-state index in [2.05, 4.69) is 15.4 Å². The topological polar surface area (TPSA) is 73.1 Å². The zero-order valence-electron chi connectivity index (χ0n) is 9.66. The van der Waals surface area contributed by atoms with E-state index in [1.807, 2.05) is 27.7 Å². The second-order valence-electron chi connectivity index (χ2n) is 3.59. The van der Waals surface area contributed by atoms with Crippen LogP contribution in [0.5, 0.6) is 5.88 Å². The number of anilines is 1. The molecule has 3 N–H and O–H groups in total. The largest absolute Gasteiger partial charge is 0.478 e. The SMILES string of the molecule is CCOc1nc(C(C)C)nc(NN)c1C. The summed E-state index contributed by atoms with van der Waals surface area (Å²) < 4.78 is 5.42. The first-order valence-electron chi connectivity index (χ1n) is 5.08. The highest BCUT2D eigenvalue weighted by molar-refractivity contribution is 5.47. The summed E-state index contributed by atoms with van der Waals surface area (Å²) in [4.78, 5) is 8.65. The van der Waals surface area contributed by atoms with Crippen LogP contribution in [0.4, 0.5) is 5.82 Å². The van der Waals surface area contributed by atoms with Crippen LogP contribution >= 0.6 is 0 Å². The van der Waals surface area contributed by atoms with Crippen molar-refractivity contribution < 1.29 is 4.74 Å². The lowest BCUT2D eigenvalue weighted by Crippen LogP contribution is -2.14. The molecule has 15 heavy (non-hydrogen) atoms. The molecule has 0 spiro atoms. The monoisotopic (exact) mass is 210 g/mol. The highest BCUT2D eigenvalue weighted by atomic mass is 16.5. The first-order chi connectivity index (χ1) is 7.10. The van der Waals surface area contributed by atoms with Gasteiger partial charge in [0, 0.05) is 5.92 Å². The molecule has 0 amide bonds. The number of hydrogen-bond donors (Lipinski definition) is 2. The summed E-state index contributed by atoms with van der Waals surface area (Å²) in [6, 6.07) is 0. The van der Waals surface area contributed by atoms with Gasteiger partial charge < -0.3 is 10.2 Å². The molecular weight excluding hydrogens is 192 g/mol. The van der Waals surface area contributed by atoms with Crippen LogP contribution in [-0.2, 0) is 0 Å². The minimum absolute atomic E-state index is 0.247. The Bertz CT molecular complexity index is 338. The average Bonchev–Trinajstić information content (AvgIpc) is 2.21. The fourth-order valence-electron chi connectivity index (χ4n) is 1.19. The third-order valence-corrected chi connectivity index (χ3v) is 2.05. The van der Waals surface area contributed by atoms with Crippen molar-refractivity contribution in [3.05, 3.63) is 11.4 Å². The van der Waals surface area contributed by atoms with E-state index in [1.54, 1.807) is 0 Å². The molecule has 0 radical (unpaired) electrons. The van der Waals surface area contributed by atoms with Crippen molar-refractivity contribution in [1.82, 2.24) is 9.97 Å². The minimum atomic E-state index is 0.247. The Morgan fingerprint density at radius 1 is 1.40 bits per heavy atom. The first kappa shape index (κ1) is 11.7. The van der Waals surface area contributed by atoms with E-state index in [4.69, 9.17) is 10.6 Å². The molecule has 1 aromatic rings. The standard InChI is InChI=1S/C10H18N4O/c1-5-15-10-7(4)9(14-11)12-8(13-10)6(2)3/h6H,5,11H2,1-4H3,(H,12,13,14). The highest BCUT2D eigenvalue weighted by Crippen LogP contribution is 2.23. The molecule has 0 aliphatic heterocycles. The van der Waals surface area contributed by atoms with Crippen molar-refractivity contribution >= 4 is 5.82 Å². The summed E-state index contributed by atoms with van der Waals surface area (Å²) in [5, 5.41) is 0. The maximum absolute atomic E-state index is 5.42. The smallest absolute Gasteiger partial charge is 0.221 e. The van der Waals surface area contributed by atoms with E-state index in [1.165, 1.54) is 0 Å². The number of nitrogen functional groups attached to an aromatic ring is 1. The second-order valence-corrected chi connectivity index (χ2v) is 3.59. The second kappa shape index (κ2) is 4.93. The van der Waals surface area contributed by atoms with Crippen LogP contribution in [0.15, 0.2) is 0 Å². The third-order valence-electron chi connectivity index (χ3n) is 2.05. The molecule has 1 rings (SSSR count). The maximum Gasteiger partial charge on any atom is 0.221 e. The lowest BCUT2D eigenvalue weighted by Gasteiger charge is -2.13. The van der Waals surface area contributed by atoms with E-state index < -0.39 is 0 Å². The van der Waals surface area contributed by atoms with E-state index in [-0.39, 0.29) is 5.92 Å². The number of aromatic nitrogens is 2. The fraction of sp³-hybridized carbons (Fsp3) is 0.600. The van der Waals surface area contributed by atoms with E-state index >= 15 is 0 Å². The lowest BCUT2D eigenvalue weighted by molar-refractivity contribution is 0.322. The van der Waals surface area contributed by atoms with Gasteiger partial charge in [0.2, 0.25) is 5.88 Å². The normalized spacial score (nSPS) is 10.5. The van der Waals surface area contributed by atoms with Gasteiger partial charge >= 0.3 is 0 Å². The van der Waals surface area contributed by atoms with Crippen LogP contribution in [0.3, 0.4) is 0 Å². The molecule has 0 saturated carbocycles. The van der Waals surface area contributed by atoms with Crippen molar-refractivity contribution in [3.8, 4) is 5.88 Å². The van der Waals surface area contributed by atoms with Gasteiger partial charge in [0.05, 0.1) is 12.2 Å². The number of hydrogen-bond acceptors (Lipinski definition) is 5. The lowest BCUT2D eigenvalue weighted by atomic mass is 10.2. The van der Waals surface area contributed by atoms with Gasteiger partial charge in [-0.15, -0.1) is 0 Å². The van der Waals surface area contributed by atoms with Crippen molar-refractivity contribution in [1.29, 1.82) is 0 Å². The van der Waals surface area contributed by atoms with E-state index in [9.17, 15) is 0 Å². The zero-order chi connectivity index (χ0) is 11.4. The number of hydrazine groups is 1. The predicted molar refractivity (Wildman–Crippen MR) is 59.8 cm³/mol. The molecule has 0 unspecified atom stereocenters. The summed E-state index contributed by atoms with van der Waals surface area (Å²) in [6.07, 6.45) is 0. The highest BCUT2D eigenvalue weighted by Gasteiger charge is 2.12. The van der Waals surface area contributed by atoms with Crippen molar-refractivity contribution in [2.75, 3.05) is 12.0 Å². The summed E-state index contributed by atoms with van der Waals surface area (Å²) in [5.74, 6) is 7.59. The van der Waals surface area contributed by atoms with Crippen LogP contribution in [0.1, 0.15) is 38.1 Å². The predicted octanol–water partition coefficient (Wildman–Crippen LogP) is 1.59. The zero-order valence-corrected chi connectivity index (χ0v) is 9.66. The Hall–Kier alpha value is -1.36. The minimum Gasteiger partial charge on any atom is -0.478 e. The van der Waals surface area contributed by atoms with Gasteiger partial charge in [0.25, 0.3) is 0 Å². The van der Waals surface area contributed by atoms with E-state index in [0.29, 0.717) is 18.3 Å². The van der Waals surface area contributed by atoms with Crippen molar-refractivity contribution in [2.24, 2.45) is 5.84 Å². The first-order valence-corrected chi connectivity index (χ1v) is 5.08. The van der Waals surface area contributed by atoms with Crippen LogP contribution in [-0.4, -0.2) is 16.6 Å². The Morgan fingerprint density at radius 2 is 2.07 bits per heavy atom. The van der Waals surface area contributed by atoms with Gasteiger partial charge in [-0.3, -0.25) is 0 Å². The van der Waals surface area contributed by atoms with Gasteiger partial charge in [0.1, 0.15) is 11.6 Å². The molecule has 0 aromatic carbocycles. The van der Waals surface area contributed by atoms with Gasteiger partial charge in [-0.1, -0.05) is 13.8 Å². The average molecular weight is 210 g/mol. The molecule has 0 atom stereocenters. The molecule has 0 aliphatic carbocycles. The quantitative estimate of drug-likeness (QED) is 0.583. The van der Waals surface area contributed by atoms with Crippen LogP contribution in [0, 0.1) is 6.92 Å². The molecule has 0 saturated heterocycles. The third kappa shape index (κ3) is 2.56. The Labute approximate surface area is 90.0 Å². The number of nitrogens with two attached hydrogens (primary N) is 1. The van der Waals surface area contributed by atoms with Crippen LogP contribution in [0.2, 0.25) is 0 Å². The Balaban J connectivity index is 3.19. The maximum atomic E-state index is 5.42. The van der Waals surface area contributed by atoms with Crippen molar-refractivity contribution in [2.45, 2.75) is 33.6 Å². The fourth-order valence-corrected chi connectivity index (χ4v) is 1.19. The van der Waals surface area contributed by atoms with Crippen LogP contribution in [0.25, 0.3) is 0 Å². The number of rotatable bonds is 4. The van der Waals surface area contributed by atoms with Gasteiger partial charge in [-0.2, -0.15) is 4.98 Å². The van der Waals surface area contributed by atoms with Gasteiger partial charge in [0.15, 0.2) is 0 Å². The summed E-state index contributed by atoms with van der Waals surface area (Å²) >= 11 is 0. The number of ether oxygens (including phenoxy) is 1. The molecule has 0 bridgehead atoms. The molecular formula is C10H18N4O. The van der Waals surface area contributed by atoms with Crippen molar-refractivity contribution in [3.63, 3.8) is 0 Å². The molecule has 5 heteroatoms. The van der Waals surface area contributed by atoms with Gasteiger partial charge in [-0.05, 0) is 13.8 Å². The molecule has 5 nitrogen and oxygen atoms in total. The number of nitrogens with zero attached hydrogens (tertiary/aromatic N) is 2. The molecule has 1 heterocycles. The Morgan fingerprint density at radius 3 is 2.53 bits per heavy atom.